The van der Waals surface area contributed by atoms with Gasteiger partial charge in [-0.1, -0.05) is 0 Å². The van der Waals surface area contributed by atoms with Crippen molar-refractivity contribution >= 4 is 17.7 Å². The third-order valence-corrected chi connectivity index (χ3v) is 2.88. The highest BCUT2D eigenvalue weighted by atomic mass is 16.6. The van der Waals surface area contributed by atoms with E-state index >= 15 is 0 Å². The number of nitriles is 1. The molecule has 1 aliphatic heterocycles. The van der Waals surface area contributed by atoms with Crippen LogP contribution in [0.4, 0.5) is 0 Å². The van der Waals surface area contributed by atoms with Crippen molar-refractivity contribution in [1.82, 2.24) is 0 Å². The van der Waals surface area contributed by atoms with Gasteiger partial charge in [-0.2, -0.15) is 5.26 Å². The monoisotopic (exact) mass is 253 g/mol. The molecule has 0 aromatic rings. The van der Waals surface area contributed by atoms with E-state index in [4.69, 9.17) is 10.00 Å². The molecule has 2 atom stereocenters. The van der Waals surface area contributed by atoms with Crippen LogP contribution in [0.5, 0.6) is 0 Å². The molecule has 0 unspecified atom stereocenters. The van der Waals surface area contributed by atoms with Gasteiger partial charge in [0.15, 0.2) is 0 Å². The number of rotatable bonds is 6. The molecule has 0 saturated carbocycles. The lowest BCUT2D eigenvalue weighted by Gasteiger charge is -2.14. The Hall–Kier alpha value is -1.90. The van der Waals surface area contributed by atoms with Crippen molar-refractivity contribution in [2.24, 2.45) is 5.92 Å². The quantitative estimate of drug-likeness (QED) is 0.648. The van der Waals surface area contributed by atoms with Crippen LogP contribution in [0.2, 0.25) is 0 Å². The minimum Gasteiger partial charge on any atom is -0.469 e. The fraction of sp³-hybridized carbons (Fsp3) is 0.667. The molecule has 6 heteroatoms. The Morgan fingerprint density at radius 3 is 2.83 bits per heavy atom. The molecule has 6 nitrogen and oxygen atoms in total. The SMILES string of the molecule is COC(=O)CCC(=O)[C@@H]1CC(=O)O[C@H]1CCC#N. The molecule has 0 bridgehead atoms. The number of carbonyl (C=O) groups is 3. The van der Waals surface area contributed by atoms with Gasteiger partial charge in [0.05, 0.1) is 31.9 Å². The Balaban J connectivity index is 2.51. The molecule has 1 saturated heterocycles. The Labute approximate surface area is 105 Å². The van der Waals surface area contributed by atoms with Gasteiger partial charge in [0, 0.05) is 12.8 Å². The second-order valence-corrected chi connectivity index (χ2v) is 4.08. The molecule has 0 aliphatic carbocycles. The number of methoxy groups -OCH3 is 1. The zero-order valence-corrected chi connectivity index (χ0v) is 10.2. The first-order valence-corrected chi connectivity index (χ1v) is 5.74. The topological polar surface area (TPSA) is 93.5 Å². The van der Waals surface area contributed by atoms with E-state index in [2.05, 4.69) is 4.74 Å². The number of Topliss-reactive ketones (excluding diaryl/α,β-unsaturated/α-hetero) is 1. The van der Waals surface area contributed by atoms with E-state index in [0.29, 0.717) is 6.42 Å². The summed E-state index contributed by atoms with van der Waals surface area (Å²) in [7, 11) is 1.25. The molecule has 1 fully saturated rings. The molecular formula is C12H15NO5. The van der Waals surface area contributed by atoms with E-state index in [1.54, 1.807) is 0 Å². The third-order valence-electron chi connectivity index (χ3n) is 2.88. The van der Waals surface area contributed by atoms with E-state index < -0.39 is 24.0 Å². The summed E-state index contributed by atoms with van der Waals surface area (Å²) in [5, 5.41) is 8.49. The summed E-state index contributed by atoms with van der Waals surface area (Å²) in [6, 6.07) is 1.95. The van der Waals surface area contributed by atoms with Gasteiger partial charge in [-0.05, 0) is 6.42 Å². The van der Waals surface area contributed by atoms with Crippen molar-refractivity contribution in [3.05, 3.63) is 0 Å². The van der Waals surface area contributed by atoms with Crippen LogP contribution in [0.3, 0.4) is 0 Å². The van der Waals surface area contributed by atoms with Crippen molar-refractivity contribution in [1.29, 1.82) is 5.26 Å². The Bertz CT molecular complexity index is 384. The average molecular weight is 253 g/mol. The first kappa shape index (κ1) is 14.2. The molecule has 0 aromatic heterocycles. The van der Waals surface area contributed by atoms with Gasteiger partial charge in [-0.15, -0.1) is 0 Å². The fourth-order valence-electron chi connectivity index (χ4n) is 1.91. The highest BCUT2D eigenvalue weighted by molar-refractivity contribution is 5.90. The van der Waals surface area contributed by atoms with Crippen LogP contribution in [0.1, 0.15) is 32.1 Å². The van der Waals surface area contributed by atoms with Crippen LogP contribution in [0, 0.1) is 17.2 Å². The van der Waals surface area contributed by atoms with E-state index in [1.807, 2.05) is 6.07 Å². The standard InChI is InChI=1S/C12H15NO5/c1-17-11(15)5-4-9(14)8-7-12(16)18-10(8)3-2-6-13/h8,10H,2-5,7H2,1H3/t8-,10-/m0/s1. The Morgan fingerprint density at radius 1 is 1.50 bits per heavy atom. The summed E-state index contributed by atoms with van der Waals surface area (Å²) < 4.78 is 9.45. The number of hydrogen-bond donors (Lipinski definition) is 0. The van der Waals surface area contributed by atoms with Crippen molar-refractivity contribution in [2.45, 2.75) is 38.2 Å². The largest absolute Gasteiger partial charge is 0.469 e. The Morgan fingerprint density at radius 2 is 2.22 bits per heavy atom. The maximum Gasteiger partial charge on any atom is 0.306 e. The van der Waals surface area contributed by atoms with Crippen LogP contribution in [-0.2, 0) is 23.9 Å². The number of cyclic esters (lactones) is 1. The molecule has 0 spiro atoms. The second kappa shape index (κ2) is 6.74. The van der Waals surface area contributed by atoms with Crippen LogP contribution in [0.25, 0.3) is 0 Å². The zero-order chi connectivity index (χ0) is 13.5. The van der Waals surface area contributed by atoms with Gasteiger partial charge in [-0.25, -0.2) is 0 Å². The molecule has 98 valence electrons. The van der Waals surface area contributed by atoms with Gasteiger partial charge in [0.1, 0.15) is 11.9 Å². The van der Waals surface area contributed by atoms with Crippen molar-refractivity contribution in [2.75, 3.05) is 7.11 Å². The molecule has 18 heavy (non-hydrogen) atoms. The van der Waals surface area contributed by atoms with Crippen molar-refractivity contribution < 1.29 is 23.9 Å². The predicted octanol–water partition coefficient (Wildman–Crippen LogP) is 0.744. The zero-order valence-electron chi connectivity index (χ0n) is 10.2. The lowest BCUT2D eigenvalue weighted by molar-refractivity contribution is -0.143. The average Bonchev–Trinajstić information content (AvgIpc) is 2.74. The molecular weight excluding hydrogens is 238 g/mol. The molecule has 1 aliphatic rings. The molecule has 0 N–H and O–H groups in total. The van der Waals surface area contributed by atoms with Crippen LogP contribution in [0.15, 0.2) is 0 Å². The summed E-state index contributed by atoms with van der Waals surface area (Å²) in [5.41, 5.74) is 0. The van der Waals surface area contributed by atoms with Crippen LogP contribution in [-0.4, -0.2) is 30.9 Å². The molecule has 0 radical (unpaired) electrons. The summed E-state index contributed by atoms with van der Waals surface area (Å²) in [4.78, 5) is 34.0. The lowest BCUT2D eigenvalue weighted by atomic mass is 9.91. The summed E-state index contributed by atoms with van der Waals surface area (Å²) >= 11 is 0. The number of carbonyl (C=O) groups excluding carboxylic acids is 3. The van der Waals surface area contributed by atoms with Crippen molar-refractivity contribution in [3.8, 4) is 6.07 Å². The van der Waals surface area contributed by atoms with Gasteiger partial charge in [0.2, 0.25) is 0 Å². The van der Waals surface area contributed by atoms with Gasteiger partial charge in [0.25, 0.3) is 0 Å². The number of esters is 2. The lowest BCUT2D eigenvalue weighted by Crippen LogP contribution is -2.24. The highest BCUT2D eigenvalue weighted by Crippen LogP contribution is 2.27. The summed E-state index contributed by atoms with van der Waals surface area (Å²) in [6.07, 6.45) is 0.149. The fourth-order valence-corrected chi connectivity index (χ4v) is 1.91. The molecule has 1 rings (SSSR count). The predicted molar refractivity (Wildman–Crippen MR) is 59.1 cm³/mol. The molecule has 1 heterocycles. The number of ether oxygens (including phenoxy) is 2. The normalized spacial score (nSPS) is 22.1. The minimum absolute atomic E-state index is 0.00495. The smallest absolute Gasteiger partial charge is 0.306 e. The first-order chi connectivity index (χ1) is 8.58. The van der Waals surface area contributed by atoms with E-state index in [9.17, 15) is 14.4 Å². The first-order valence-electron chi connectivity index (χ1n) is 5.74. The van der Waals surface area contributed by atoms with E-state index in [1.165, 1.54) is 7.11 Å². The van der Waals surface area contributed by atoms with Crippen LogP contribution < -0.4 is 0 Å². The van der Waals surface area contributed by atoms with Gasteiger partial charge >= 0.3 is 11.9 Å². The molecule has 0 aromatic carbocycles. The highest BCUT2D eigenvalue weighted by Gasteiger charge is 2.38. The third kappa shape index (κ3) is 3.84. The maximum absolute atomic E-state index is 11.9. The Kier molecular flexibility index (Phi) is 5.31. The minimum atomic E-state index is -0.532. The summed E-state index contributed by atoms with van der Waals surface area (Å²) in [6.45, 7) is 0. The number of ketones is 1. The van der Waals surface area contributed by atoms with Gasteiger partial charge < -0.3 is 9.47 Å². The van der Waals surface area contributed by atoms with Crippen LogP contribution >= 0.6 is 0 Å². The second-order valence-electron chi connectivity index (χ2n) is 4.08. The van der Waals surface area contributed by atoms with E-state index in [0.717, 1.165) is 0 Å². The number of hydrogen-bond acceptors (Lipinski definition) is 6. The number of nitrogens with zero attached hydrogens (tertiary/aromatic N) is 1. The van der Waals surface area contributed by atoms with E-state index in [-0.39, 0.29) is 31.5 Å². The van der Waals surface area contributed by atoms with Gasteiger partial charge in [-0.3, -0.25) is 14.4 Å². The molecule has 0 amide bonds. The summed E-state index contributed by atoms with van der Waals surface area (Å²) in [5.74, 6) is -1.60. The maximum atomic E-state index is 11.9. The van der Waals surface area contributed by atoms with Crippen molar-refractivity contribution in [3.63, 3.8) is 0 Å².